The van der Waals surface area contributed by atoms with Gasteiger partial charge in [0.05, 0.1) is 5.69 Å². The second-order valence-electron chi connectivity index (χ2n) is 12.7. The van der Waals surface area contributed by atoms with E-state index in [9.17, 15) is 39.5 Å². The summed E-state index contributed by atoms with van der Waals surface area (Å²) in [5, 5.41) is 0. The van der Waals surface area contributed by atoms with Gasteiger partial charge >= 0.3 is 6.11 Å². The van der Waals surface area contributed by atoms with Gasteiger partial charge in [-0.3, -0.25) is 4.98 Å². The van der Waals surface area contributed by atoms with Gasteiger partial charge < -0.3 is 4.74 Å². The van der Waals surface area contributed by atoms with E-state index in [2.05, 4.69) is 16.6 Å². The van der Waals surface area contributed by atoms with E-state index in [1.54, 1.807) is 12.3 Å². The smallest absolute Gasteiger partial charge is 0.429 e. The van der Waals surface area contributed by atoms with Crippen LogP contribution < -0.4 is 4.74 Å². The Kier molecular flexibility index (Phi) is 12.0. The fraction of sp³-hybridized carbons (Fsp3) is 0.359. The molecule has 5 rings (SSSR count). The van der Waals surface area contributed by atoms with Crippen molar-refractivity contribution >= 4 is 6.08 Å². The normalized spacial score (nSPS) is 16.7. The van der Waals surface area contributed by atoms with E-state index in [1.807, 2.05) is 6.07 Å². The molecule has 1 aliphatic carbocycles. The van der Waals surface area contributed by atoms with Gasteiger partial charge in [0.15, 0.2) is 17.5 Å². The molecule has 1 fully saturated rings. The second kappa shape index (κ2) is 16.2. The molecule has 1 aliphatic rings. The lowest BCUT2D eigenvalue weighted by molar-refractivity contribution is -0.189. The summed E-state index contributed by atoms with van der Waals surface area (Å²) in [4.78, 5) is 4.48. The third-order valence-corrected chi connectivity index (χ3v) is 9.18. The molecule has 4 aromatic rings. The fourth-order valence-electron chi connectivity index (χ4n) is 6.47. The summed E-state index contributed by atoms with van der Waals surface area (Å²) in [6, 6.07) is 7.52. The van der Waals surface area contributed by atoms with Gasteiger partial charge in [0, 0.05) is 29.5 Å². The molecule has 50 heavy (non-hydrogen) atoms. The predicted molar refractivity (Wildman–Crippen MR) is 173 cm³/mol. The van der Waals surface area contributed by atoms with E-state index in [-0.39, 0.29) is 41.7 Å². The lowest BCUT2D eigenvalue weighted by Gasteiger charge is -2.28. The lowest BCUT2D eigenvalue weighted by atomic mass is 9.77. The Bertz CT molecular complexity index is 1750. The maximum atomic E-state index is 15.0. The molecule has 0 radical (unpaired) electrons. The molecule has 2 nitrogen and oxygen atoms in total. The second-order valence-corrected chi connectivity index (χ2v) is 12.7. The molecule has 1 heterocycles. The number of hydrogen-bond donors (Lipinski definition) is 0. The number of ether oxygens (including phenoxy) is 1. The van der Waals surface area contributed by atoms with Crippen LogP contribution >= 0.6 is 0 Å². The zero-order chi connectivity index (χ0) is 36.0. The van der Waals surface area contributed by atoms with Crippen molar-refractivity contribution in [2.45, 2.75) is 83.2 Å². The summed E-state index contributed by atoms with van der Waals surface area (Å²) < 4.78 is 132. The third-order valence-electron chi connectivity index (χ3n) is 9.18. The summed E-state index contributed by atoms with van der Waals surface area (Å²) in [6.07, 6.45) is 9.21. The molecule has 0 saturated heterocycles. The van der Waals surface area contributed by atoms with Crippen LogP contribution in [-0.2, 0) is 12.5 Å². The minimum Gasteiger partial charge on any atom is -0.429 e. The van der Waals surface area contributed by atoms with Crippen molar-refractivity contribution in [3.8, 4) is 17.0 Å². The molecule has 0 amide bonds. The Hall–Kier alpha value is -4.28. The van der Waals surface area contributed by atoms with E-state index in [4.69, 9.17) is 0 Å². The van der Waals surface area contributed by atoms with Crippen molar-refractivity contribution in [1.29, 1.82) is 0 Å². The Morgan fingerprint density at radius 1 is 0.780 bits per heavy atom. The van der Waals surface area contributed by atoms with E-state index in [0.717, 1.165) is 24.3 Å². The average molecular weight is 706 g/mol. The number of nitrogens with zero attached hydrogens (tertiary/aromatic N) is 1. The van der Waals surface area contributed by atoms with Gasteiger partial charge in [0.1, 0.15) is 34.6 Å². The van der Waals surface area contributed by atoms with Crippen LogP contribution in [0.4, 0.5) is 39.5 Å². The Labute approximate surface area is 285 Å². The summed E-state index contributed by atoms with van der Waals surface area (Å²) in [5.74, 6) is -10.7. The predicted octanol–water partition coefficient (Wildman–Crippen LogP) is 12.4. The van der Waals surface area contributed by atoms with Crippen LogP contribution in [0.15, 0.2) is 60.8 Å². The Balaban J connectivity index is 1.18. The summed E-state index contributed by atoms with van der Waals surface area (Å²) >= 11 is 0. The molecule has 1 saturated carbocycles. The zero-order valence-corrected chi connectivity index (χ0v) is 27.3. The molecular weight excluding hydrogens is 669 g/mol. The molecule has 1 aromatic heterocycles. The molecule has 0 unspecified atom stereocenters. The third kappa shape index (κ3) is 8.89. The van der Waals surface area contributed by atoms with Gasteiger partial charge in [-0.25, -0.2) is 30.7 Å². The monoisotopic (exact) mass is 705 g/mol. The number of benzene rings is 3. The molecule has 266 valence electrons. The first-order valence-corrected chi connectivity index (χ1v) is 16.7. The van der Waals surface area contributed by atoms with Gasteiger partial charge in [-0.15, -0.1) is 0 Å². The number of hydrogen-bond acceptors (Lipinski definition) is 2. The molecule has 3 aromatic carbocycles. The first kappa shape index (κ1) is 37.0. The van der Waals surface area contributed by atoms with Gasteiger partial charge in [-0.1, -0.05) is 50.8 Å². The summed E-state index contributed by atoms with van der Waals surface area (Å²) in [6.45, 7) is 2.21. The van der Waals surface area contributed by atoms with Crippen LogP contribution in [0, 0.1) is 46.6 Å². The maximum absolute atomic E-state index is 15.0. The Morgan fingerprint density at radius 3 is 2.00 bits per heavy atom. The highest BCUT2D eigenvalue weighted by Gasteiger charge is 2.41. The highest BCUT2D eigenvalue weighted by molar-refractivity contribution is 5.63. The lowest BCUT2D eigenvalue weighted by Crippen LogP contribution is -2.25. The molecule has 0 atom stereocenters. The van der Waals surface area contributed by atoms with Crippen molar-refractivity contribution in [3.63, 3.8) is 0 Å². The number of aromatic nitrogens is 1. The summed E-state index contributed by atoms with van der Waals surface area (Å²) in [5.41, 5.74) is -0.402. The number of aryl methyl sites for hydroxylation is 1. The van der Waals surface area contributed by atoms with Crippen molar-refractivity contribution < 1.29 is 44.3 Å². The number of allylic oxidation sites excluding steroid dienone is 1. The van der Waals surface area contributed by atoms with E-state index in [1.165, 1.54) is 62.8 Å². The van der Waals surface area contributed by atoms with Gasteiger partial charge in [0.25, 0.3) is 0 Å². The van der Waals surface area contributed by atoms with Crippen molar-refractivity contribution in [3.05, 3.63) is 124 Å². The van der Waals surface area contributed by atoms with Crippen molar-refractivity contribution in [2.24, 2.45) is 5.92 Å². The number of unbranched alkanes of at least 4 members (excludes halogenated alkanes) is 2. The molecule has 0 N–H and O–H groups in total. The minimum absolute atomic E-state index is 0.0313. The zero-order valence-electron chi connectivity index (χ0n) is 27.3. The van der Waals surface area contributed by atoms with Crippen LogP contribution in [0.2, 0.25) is 0 Å². The van der Waals surface area contributed by atoms with Gasteiger partial charge in [0.2, 0.25) is 0 Å². The average Bonchev–Trinajstić information content (AvgIpc) is 3.06. The quantitative estimate of drug-likeness (QED) is 0.0785. The molecule has 0 aliphatic heterocycles. The molecule has 0 bridgehead atoms. The highest BCUT2D eigenvalue weighted by atomic mass is 19.3. The van der Waals surface area contributed by atoms with Crippen molar-refractivity contribution in [1.82, 2.24) is 4.98 Å². The number of pyridine rings is 1. The minimum atomic E-state index is -4.71. The number of halogens is 9. The van der Waals surface area contributed by atoms with Crippen LogP contribution in [0.3, 0.4) is 0 Å². The number of rotatable bonds is 13. The van der Waals surface area contributed by atoms with Gasteiger partial charge in [-0.05, 0) is 91.8 Å². The summed E-state index contributed by atoms with van der Waals surface area (Å²) in [7, 11) is 0. The van der Waals surface area contributed by atoms with E-state index in [0.29, 0.717) is 23.7 Å². The SMILES string of the molecule is CCCCCC1CCC(c2ccc(-c3cc(F)c(C=CCCc4cc(F)c(C(F)(F)Oc5cc(F)c(F)c(F)c5)c(F)c4)c(F)c3)nc2)CC1. The van der Waals surface area contributed by atoms with Crippen LogP contribution in [0.25, 0.3) is 17.3 Å². The molecule has 11 heteroatoms. The molecular formula is C39H36F9NO. The van der Waals surface area contributed by atoms with Crippen LogP contribution in [-0.4, -0.2) is 4.98 Å². The molecule has 0 spiro atoms. The van der Waals surface area contributed by atoms with Gasteiger partial charge in [-0.2, -0.15) is 8.78 Å². The van der Waals surface area contributed by atoms with E-state index < -0.39 is 58.1 Å². The Morgan fingerprint density at radius 2 is 1.42 bits per heavy atom. The standard InChI is InChI=1S/C39H36F9NO/c1-2-3-4-7-23-10-12-25(13-11-23)26-14-15-36(49-22-26)27-18-30(40)29(31(41)19-27)9-6-5-8-24-16-32(42)37(33(43)17-24)39(47,48)50-28-20-34(44)38(46)35(45)21-28/h6,9,14-23,25H,2-5,7-8,10-13H2,1H3. The topological polar surface area (TPSA) is 22.1 Å². The van der Waals surface area contributed by atoms with Crippen molar-refractivity contribution in [2.75, 3.05) is 0 Å². The largest absolute Gasteiger partial charge is 0.432 e. The van der Waals surface area contributed by atoms with E-state index >= 15 is 0 Å². The number of alkyl halides is 2. The highest BCUT2D eigenvalue weighted by Crippen LogP contribution is 2.39. The van der Waals surface area contributed by atoms with Crippen LogP contribution in [0.5, 0.6) is 5.75 Å². The first-order valence-electron chi connectivity index (χ1n) is 16.7. The van der Waals surface area contributed by atoms with Crippen LogP contribution in [0.1, 0.15) is 92.9 Å². The first-order chi connectivity index (χ1) is 23.9. The fourth-order valence-corrected chi connectivity index (χ4v) is 6.47. The maximum Gasteiger partial charge on any atom is 0.432 e.